The molecular weight excluding hydrogens is 398 g/mol. The summed E-state index contributed by atoms with van der Waals surface area (Å²) in [6.45, 7) is 0.607. The average molecular weight is 423 g/mol. The van der Waals surface area contributed by atoms with Crippen LogP contribution in [0.5, 0.6) is 0 Å². The normalized spacial score (nSPS) is 17.8. The van der Waals surface area contributed by atoms with Gasteiger partial charge in [-0.2, -0.15) is 0 Å². The summed E-state index contributed by atoms with van der Waals surface area (Å²) in [4.78, 5) is 37.7. The van der Waals surface area contributed by atoms with E-state index in [4.69, 9.17) is 9.47 Å². The van der Waals surface area contributed by atoms with Crippen molar-refractivity contribution in [3.05, 3.63) is 83.9 Å². The predicted octanol–water partition coefficient (Wildman–Crippen LogP) is 3.49. The van der Waals surface area contributed by atoms with Crippen LogP contribution in [-0.2, 0) is 37.0 Å². The second-order valence-corrected chi connectivity index (χ2v) is 7.09. The molecule has 1 heterocycles. The number of ether oxygens (including phenoxy) is 3. The fourth-order valence-corrected chi connectivity index (χ4v) is 3.41. The molecule has 7 nitrogen and oxygen atoms in total. The molecule has 0 N–H and O–H groups in total. The van der Waals surface area contributed by atoms with E-state index in [1.54, 1.807) is 11.0 Å². The van der Waals surface area contributed by atoms with E-state index in [2.05, 4.69) is 4.74 Å². The lowest BCUT2D eigenvalue weighted by molar-refractivity contribution is -0.155. The van der Waals surface area contributed by atoms with Gasteiger partial charge in [-0.15, -0.1) is 0 Å². The van der Waals surface area contributed by atoms with Crippen LogP contribution in [-0.4, -0.2) is 42.7 Å². The maximum atomic E-state index is 12.7. The van der Waals surface area contributed by atoms with Gasteiger partial charge < -0.3 is 19.1 Å². The van der Waals surface area contributed by atoms with Gasteiger partial charge in [-0.1, -0.05) is 66.7 Å². The molecule has 1 aliphatic heterocycles. The molecule has 7 heteroatoms. The van der Waals surface area contributed by atoms with Gasteiger partial charge in [-0.05, 0) is 17.5 Å². The second kappa shape index (κ2) is 11.0. The highest BCUT2D eigenvalue weighted by Crippen LogP contribution is 2.32. The standard InChI is InChI=1S/C24H25NO6/c1-29-22(26)13-12-21-20(23(27)25(21)16-18-8-4-2-5-9-18)14-15-30-24(28)31-17-19-10-6-3-7-11-19/h2-13,20-21H,14-17H2,1H3. The number of nitrogens with zero attached hydrogens (tertiary/aromatic N) is 1. The van der Waals surface area contributed by atoms with E-state index < -0.39 is 12.1 Å². The average Bonchev–Trinajstić information content (AvgIpc) is 2.81. The molecule has 0 aromatic heterocycles. The molecule has 1 saturated heterocycles. The Morgan fingerprint density at radius 3 is 2.26 bits per heavy atom. The smallest absolute Gasteiger partial charge is 0.466 e. The summed E-state index contributed by atoms with van der Waals surface area (Å²) in [7, 11) is 1.30. The molecule has 2 atom stereocenters. The Morgan fingerprint density at radius 2 is 1.61 bits per heavy atom. The minimum atomic E-state index is -0.779. The Kier molecular flexibility index (Phi) is 7.81. The first-order chi connectivity index (χ1) is 15.1. The molecule has 2 unspecified atom stereocenters. The molecule has 0 aliphatic carbocycles. The Morgan fingerprint density at radius 1 is 0.968 bits per heavy atom. The summed E-state index contributed by atoms with van der Waals surface area (Å²) in [6, 6.07) is 18.6. The lowest BCUT2D eigenvalue weighted by Crippen LogP contribution is -2.59. The van der Waals surface area contributed by atoms with E-state index in [1.165, 1.54) is 13.2 Å². The SMILES string of the molecule is COC(=O)C=CC1C(CCOC(=O)OCc2ccccc2)C(=O)N1Cc1ccccc1. The third-order valence-corrected chi connectivity index (χ3v) is 5.05. The summed E-state index contributed by atoms with van der Waals surface area (Å²) in [5, 5.41) is 0. The van der Waals surface area contributed by atoms with Gasteiger partial charge in [0.2, 0.25) is 5.91 Å². The fraction of sp³-hybridized carbons (Fsp3) is 0.292. The highest BCUT2D eigenvalue weighted by Gasteiger charge is 2.45. The van der Waals surface area contributed by atoms with E-state index in [-0.39, 0.29) is 31.1 Å². The van der Waals surface area contributed by atoms with Crippen molar-refractivity contribution in [3.63, 3.8) is 0 Å². The van der Waals surface area contributed by atoms with Gasteiger partial charge in [0, 0.05) is 12.6 Å². The van der Waals surface area contributed by atoms with Crippen molar-refractivity contribution >= 4 is 18.0 Å². The first kappa shape index (κ1) is 22.1. The molecule has 0 saturated carbocycles. The fourth-order valence-electron chi connectivity index (χ4n) is 3.41. The van der Waals surface area contributed by atoms with Crippen molar-refractivity contribution in [2.45, 2.75) is 25.6 Å². The van der Waals surface area contributed by atoms with Gasteiger partial charge in [0.15, 0.2) is 0 Å². The number of hydrogen-bond donors (Lipinski definition) is 0. The highest BCUT2D eigenvalue weighted by atomic mass is 16.7. The number of benzene rings is 2. The molecule has 0 bridgehead atoms. The van der Waals surface area contributed by atoms with Crippen molar-refractivity contribution in [1.29, 1.82) is 0 Å². The van der Waals surface area contributed by atoms with Gasteiger partial charge >= 0.3 is 12.1 Å². The number of carbonyl (C=O) groups excluding carboxylic acids is 3. The summed E-state index contributed by atoms with van der Waals surface area (Å²) < 4.78 is 14.8. The summed E-state index contributed by atoms with van der Waals surface area (Å²) in [5.41, 5.74) is 1.85. The first-order valence-corrected chi connectivity index (χ1v) is 10.0. The minimum absolute atomic E-state index is 0.0474. The van der Waals surface area contributed by atoms with Crippen LogP contribution < -0.4 is 0 Å². The summed E-state index contributed by atoms with van der Waals surface area (Å²) in [6.07, 6.45) is 2.53. The Bertz CT molecular complexity index is 912. The van der Waals surface area contributed by atoms with Crippen LogP contribution in [0.15, 0.2) is 72.8 Å². The van der Waals surface area contributed by atoms with Crippen LogP contribution in [0, 0.1) is 5.92 Å². The van der Waals surface area contributed by atoms with E-state index in [1.807, 2.05) is 60.7 Å². The third kappa shape index (κ3) is 6.18. The number of likely N-dealkylation sites (tertiary alicyclic amines) is 1. The number of carbonyl (C=O) groups is 3. The van der Waals surface area contributed by atoms with Gasteiger partial charge in [-0.25, -0.2) is 9.59 Å². The van der Waals surface area contributed by atoms with Crippen LogP contribution >= 0.6 is 0 Å². The van der Waals surface area contributed by atoms with Crippen molar-refractivity contribution in [2.24, 2.45) is 5.92 Å². The van der Waals surface area contributed by atoms with Crippen molar-refractivity contribution < 1.29 is 28.6 Å². The Balaban J connectivity index is 1.52. The number of methoxy groups -OCH3 is 1. The van der Waals surface area contributed by atoms with Gasteiger partial charge in [0.25, 0.3) is 0 Å². The molecule has 1 aliphatic rings. The zero-order chi connectivity index (χ0) is 22.1. The van der Waals surface area contributed by atoms with Crippen molar-refractivity contribution in [1.82, 2.24) is 4.90 Å². The molecule has 0 spiro atoms. The predicted molar refractivity (Wildman–Crippen MR) is 113 cm³/mol. The zero-order valence-electron chi connectivity index (χ0n) is 17.3. The summed E-state index contributed by atoms with van der Waals surface area (Å²) >= 11 is 0. The highest BCUT2D eigenvalue weighted by molar-refractivity contribution is 5.88. The van der Waals surface area contributed by atoms with E-state index in [9.17, 15) is 14.4 Å². The monoisotopic (exact) mass is 423 g/mol. The number of β-lactam (4-membered cyclic amide) rings is 1. The molecule has 0 radical (unpaired) electrons. The molecule has 1 fully saturated rings. The Hall–Kier alpha value is -3.61. The molecule has 162 valence electrons. The van der Waals surface area contributed by atoms with Crippen molar-refractivity contribution in [2.75, 3.05) is 13.7 Å². The second-order valence-electron chi connectivity index (χ2n) is 7.09. The van der Waals surface area contributed by atoms with Gasteiger partial charge in [0.05, 0.1) is 25.7 Å². The molecule has 1 amide bonds. The largest absolute Gasteiger partial charge is 0.508 e. The van der Waals surface area contributed by atoms with Crippen LogP contribution in [0.3, 0.4) is 0 Å². The van der Waals surface area contributed by atoms with Crippen LogP contribution in [0.4, 0.5) is 4.79 Å². The van der Waals surface area contributed by atoms with Crippen LogP contribution in [0.2, 0.25) is 0 Å². The van der Waals surface area contributed by atoms with Gasteiger partial charge in [0.1, 0.15) is 6.61 Å². The lowest BCUT2D eigenvalue weighted by atomic mass is 9.84. The van der Waals surface area contributed by atoms with E-state index in [0.29, 0.717) is 13.0 Å². The molecule has 3 rings (SSSR count). The minimum Gasteiger partial charge on any atom is -0.466 e. The molecule has 2 aromatic carbocycles. The number of rotatable bonds is 9. The molecular formula is C24H25NO6. The topological polar surface area (TPSA) is 82.1 Å². The maximum Gasteiger partial charge on any atom is 0.508 e. The van der Waals surface area contributed by atoms with E-state index in [0.717, 1.165) is 11.1 Å². The number of amides is 1. The third-order valence-electron chi connectivity index (χ3n) is 5.05. The van der Waals surface area contributed by atoms with Gasteiger partial charge in [-0.3, -0.25) is 4.79 Å². The maximum absolute atomic E-state index is 12.7. The lowest BCUT2D eigenvalue weighted by Gasteiger charge is -2.46. The van der Waals surface area contributed by atoms with Crippen LogP contribution in [0.25, 0.3) is 0 Å². The molecule has 2 aromatic rings. The van der Waals surface area contributed by atoms with Crippen LogP contribution in [0.1, 0.15) is 17.5 Å². The quantitative estimate of drug-likeness (QED) is 0.349. The molecule has 31 heavy (non-hydrogen) atoms. The Labute approximate surface area is 181 Å². The number of hydrogen-bond acceptors (Lipinski definition) is 6. The van der Waals surface area contributed by atoms with E-state index >= 15 is 0 Å². The first-order valence-electron chi connectivity index (χ1n) is 10.0. The zero-order valence-corrected chi connectivity index (χ0v) is 17.3. The van der Waals surface area contributed by atoms with Crippen molar-refractivity contribution in [3.8, 4) is 0 Å². The number of esters is 1. The summed E-state index contributed by atoms with van der Waals surface area (Å²) in [5.74, 6) is -0.922.